The van der Waals surface area contributed by atoms with Crippen molar-refractivity contribution in [1.29, 1.82) is 0 Å². The Morgan fingerprint density at radius 3 is 2.78 bits per heavy atom. The number of hydrogen-bond donors (Lipinski definition) is 0. The summed E-state index contributed by atoms with van der Waals surface area (Å²) < 4.78 is 5.81. The molecule has 3 heteroatoms. The third-order valence-corrected chi connectivity index (χ3v) is 3.41. The first-order valence-corrected chi connectivity index (χ1v) is 6.55. The van der Waals surface area contributed by atoms with E-state index in [0.29, 0.717) is 19.7 Å². The van der Waals surface area contributed by atoms with Gasteiger partial charge < -0.3 is 9.64 Å². The van der Waals surface area contributed by atoms with Gasteiger partial charge in [0.05, 0.1) is 13.2 Å². The first kappa shape index (κ1) is 13.1. The van der Waals surface area contributed by atoms with Crippen LogP contribution in [0.25, 0.3) is 0 Å². The largest absolute Gasteiger partial charge is 0.370 e. The third-order valence-electron chi connectivity index (χ3n) is 3.41. The lowest BCUT2D eigenvalue weighted by Gasteiger charge is -2.34. The van der Waals surface area contributed by atoms with Gasteiger partial charge in [0.2, 0.25) is 5.91 Å². The van der Waals surface area contributed by atoms with Crippen LogP contribution >= 0.6 is 0 Å². The van der Waals surface area contributed by atoms with Gasteiger partial charge in [0.1, 0.15) is 6.10 Å². The highest BCUT2D eigenvalue weighted by atomic mass is 16.5. The quantitative estimate of drug-likeness (QED) is 0.804. The number of benzene rings is 1. The summed E-state index contributed by atoms with van der Waals surface area (Å²) in [6.45, 7) is 7.97. The summed E-state index contributed by atoms with van der Waals surface area (Å²) in [5.74, 6) is 0.275. The van der Waals surface area contributed by atoms with E-state index in [1.54, 1.807) is 0 Å². The molecule has 1 aliphatic rings. The Labute approximate surface area is 109 Å². The molecule has 0 bridgehead atoms. The van der Waals surface area contributed by atoms with Crippen LogP contribution in [0.15, 0.2) is 24.3 Å². The van der Waals surface area contributed by atoms with Crippen molar-refractivity contribution in [2.45, 2.75) is 26.9 Å². The van der Waals surface area contributed by atoms with E-state index in [4.69, 9.17) is 4.74 Å². The van der Waals surface area contributed by atoms with Crippen LogP contribution in [0.2, 0.25) is 0 Å². The van der Waals surface area contributed by atoms with Crippen molar-refractivity contribution in [2.24, 2.45) is 5.92 Å². The average molecular weight is 247 g/mol. The smallest absolute Gasteiger partial charge is 0.225 e. The van der Waals surface area contributed by atoms with Gasteiger partial charge in [-0.1, -0.05) is 38.1 Å². The molecule has 1 aliphatic heterocycles. The summed E-state index contributed by atoms with van der Waals surface area (Å²) >= 11 is 0. The van der Waals surface area contributed by atoms with Crippen molar-refractivity contribution in [3.8, 4) is 0 Å². The van der Waals surface area contributed by atoms with E-state index in [1.165, 1.54) is 11.1 Å². The van der Waals surface area contributed by atoms with Crippen molar-refractivity contribution in [1.82, 2.24) is 4.90 Å². The van der Waals surface area contributed by atoms with E-state index in [2.05, 4.69) is 19.1 Å². The number of ether oxygens (including phenoxy) is 1. The molecule has 0 radical (unpaired) electrons. The van der Waals surface area contributed by atoms with Crippen LogP contribution in [0.4, 0.5) is 0 Å². The third kappa shape index (κ3) is 2.72. The minimum Gasteiger partial charge on any atom is -0.370 e. The molecule has 1 saturated heterocycles. The van der Waals surface area contributed by atoms with Crippen molar-refractivity contribution < 1.29 is 9.53 Å². The highest BCUT2D eigenvalue weighted by Crippen LogP contribution is 2.25. The summed E-state index contributed by atoms with van der Waals surface area (Å²) in [5.41, 5.74) is 2.42. The Morgan fingerprint density at radius 1 is 1.39 bits per heavy atom. The zero-order valence-corrected chi connectivity index (χ0v) is 11.3. The van der Waals surface area contributed by atoms with E-state index in [-0.39, 0.29) is 17.9 Å². The molecule has 1 atom stereocenters. The maximum Gasteiger partial charge on any atom is 0.225 e. The van der Waals surface area contributed by atoms with Crippen molar-refractivity contribution in [3.05, 3.63) is 35.4 Å². The van der Waals surface area contributed by atoms with E-state index in [9.17, 15) is 4.79 Å². The fourth-order valence-corrected chi connectivity index (χ4v) is 2.35. The first-order valence-electron chi connectivity index (χ1n) is 6.55. The monoisotopic (exact) mass is 247 g/mol. The number of hydrogen-bond acceptors (Lipinski definition) is 2. The van der Waals surface area contributed by atoms with Gasteiger partial charge >= 0.3 is 0 Å². The number of nitrogens with zero attached hydrogens (tertiary/aromatic N) is 1. The maximum absolute atomic E-state index is 12.0. The van der Waals surface area contributed by atoms with Gasteiger partial charge in [0.15, 0.2) is 0 Å². The van der Waals surface area contributed by atoms with Gasteiger partial charge in [-0.05, 0) is 18.1 Å². The number of rotatable bonds is 2. The molecule has 0 saturated carbocycles. The lowest BCUT2D eigenvalue weighted by Crippen LogP contribution is -2.44. The van der Waals surface area contributed by atoms with Crippen molar-refractivity contribution in [3.63, 3.8) is 0 Å². The topological polar surface area (TPSA) is 29.5 Å². The van der Waals surface area contributed by atoms with Crippen LogP contribution in [0.3, 0.4) is 0 Å². The SMILES string of the molecule is Cc1ccccc1C1CN(C(=O)C(C)C)CCO1. The fourth-order valence-electron chi connectivity index (χ4n) is 2.35. The molecule has 2 rings (SSSR count). The molecule has 0 aromatic heterocycles. The van der Waals surface area contributed by atoms with Crippen molar-refractivity contribution in [2.75, 3.05) is 19.7 Å². The Morgan fingerprint density at radius 2 is 2.11 bits per heavy atom. The molecule has 1 heterocycles. The van der Waals surface area contributed by atoms with E-state index < -0.39 is 0 Å². The second-order valence-corrected chi connectivity index (χ2v) is 5.15. The van der Waals surface area contributed by atoms with Crippen LogP contribution in [-0.2, 0) is 9.53 Å². The van der Waals surface area contributed by atoms with E-state index in [1.807, 2.05) is 30.9 Å². The Kier molecular flexibility index (Phi) is 4.02. The number of carbonyl (C=O) groups excluding carboxylic acids is 1. The molecule has 3 nitrogen and oxygen atoms in total. The van der Waals surface area contributed by atoms with Crippen LogP contribution in [-0.4, -0.2) is 30.5 Å². The second-order valence-electron chi connectivity index (χ2n) is 5.15. The molecule has 98 valence electrons. The maximum atomic E-state index is 12.0. The number of amides is 1. The number of aryl methyl sites for hydroxylation is 1. The second kappa shape index (κ2) is 5.53. The highest BCUT2D eigenvalue weighted by molar-refractivity contribution is 5.78. The van der Waals surface area contributed by atoms with E-state index in [0.717, 1.165) is 0 Å². The van der Waals surface area contributed by atoms with Gasteiger partial charge in [0, 0.05) is 12.5 Å². The van der Waals surface area contributed by atoms with Gasteiger partial charge in [-0.25, -0.2) is 0 Å². The molecule has 0 spiro atoms. The Bertz CT molecular complexity index is 428. The lowest BCUT2D eigenvalue weighted by molar-refractivity contribution is -0.142. The zero-order valence-electron chi connectivity index (χ0n) is 11.3. The van der Waals surface area contributed by atoms with Crippen LogP contribution in [0, 0.1) is 12.8 Å². The molecule has 1 aromatic rings. The molecule has 18 heavy (non-hydrogen) atoms. The summed E-state index contributed by atoms with van der Waals surface area (Å²) in [7, 11) is 0. The zero-order chi connectivity index (χ0) is 13.1. The fraction of sp³-hybridized carbons (Fsp3) is 0.533. The predicted octanol–water partition coefficient (Wildman–Crippen LogP) is 2.55. The minimum atomic E-state index is 0.0163. The predicted molar refractivity (Wildman–Crippen MR) is 71.3 cm³/mol. The summed E-state index contributed by atoms with van der Waals surface area (Å²) in [6, 6.07) is 8.22. The molecular weight excluding hydrogens is 226 g/mol. The summed E-state index contributed by atoms with van der Waals surface area (Å²) in [4.78, 5) is 14.0. The van der Waals surface area contributed by atoms with Crippen molar-refractivity contribution >= 4 is 5.91 Å². The van der Waals surface area contributed by atoms with Gasteiger partial charge in [0.25, 0.3) is 0 Å². The molecule has 1 aromatic carbocycles. The normalized spacial score (nSPS) is 20.2. The Balaban J connectivity index is 2.12. The number of carbonyl (C=O) groups is 1. The van der Waals surface area contributed by atoms with Crippen LogP contribution in [0.1, 0.15) is 31.1 Å². The minimum absolute atomic E-state index is 0.0163. The highest BCUT2D eigenvalue weighted by Gasteiger charge is 2.27. The number of morpholine rings is 1. The van der Waals surface area contributed by atoms with E-state index >= 15 is 0 Å². The Hall–Kier alpha value is -1.35. The first-order chi connectivity index (χ1) is 8.59. The van der Waals surface area contributed by atoms with Crippen LogP contribution < -0.4 is 0 Å². The van der Waals surface area contributed by atoms with Gasteiger partial charge in [-0.15, -0.1) is 0 Å². The summed E-state index contributed by atoms with van der Waals surface area (Å²) in [5, 5.41) is 0. The van der Waals surface area contributed by atoms with Crippen LogP contribution in [0.5, 0.6) is 0 Å². The standard InChI is InChI=1S/C15H21NO2/c1-11(2)15(17)16-8-9-18-14(10-16)13-7-5-4-6-12(13)3/h4-7,11,14H,8-10H2,1-3H3. The molecular formula is C15H21NO2. The molecule has 0 aliphatic carbocycles. The molecule has 1 unspecified atom stereocenters. The molecule has 1 fully saturated rings. The average Bonchev–Trinajstić information content (AvgIpc) is 2.38. The summed E-state index contributed by atoms with van der Waals surface area (Å²) in [6.07, 6.45) is 0.0163. The van der Waals surface area contributed by atoms with Gasteiger partial charge in [-0.2, -0.15) is 0 Å². The molecule has 1 amide bonds. The van der Waals surface area contributed by atoms with Gasteiger partial charge in [-0.3, -0.25) is 4.79 Å². The molecule has 0 N–H and O–H groups in total. The lowest BCUT2D eigenvalue weighted by atomic mass is 10.0.